The zero-order valence-corrected chi connectivity index (χ0v) is 28.6. The van der Waals surface area contributed by atoms with Crippen LogP contribution in [0.5, 0.6) is 11.5 Å². The number of carbonyl (C=O) groups excluding carboxylic acids is 1. The molecular weight excluding hydrogens is 558 g/mol. The lowest BCUT2D eigenvalue weighted by atomic mass is 9.83. The van der Waals surface area contributed by atoms with Crippen LogP contribution in [0.15, 0.2) is 0 Å². The van der Waals surface area contributed by atoms with Gasteiger partial charge in [-0.15, -0.1) is 0 Å². The summed E-state index contributed by atoms with van der Waals surface area (Å²) in [5.74, 6) is 0.898. The predicted octanol–water partition coefficient (Wildman–Crippen LogP) is 7.95. The molecule has 0 saturated carbocycles. The molecule has 8 nitrogen and oxygen atoms in total. The van der Waals surface area contributed by atoms with E-state index in [9.17, 15) is 19.5 Å². The summed E-state index contributed by atoms with van der Waals surface area (Å²) >= 11 is 0. The number of nitrogens with one attached hydrogen (secondary N) is 1. The smallest absolute Gasteiger partial charge is 0.326 e. The molecule has 0 bridgehead atoms. The molecular formula is C36H59NO7. The van der Waals surface area contributed by atoms with Gasteiger partial charge >= 0.3 is 11.9 Å². The second-order valence-electron chi connectivity index (χ2n) is 14.1. The molecule has 0 spiro atoms. The van der Waals surface area contributed by atoms with Crippen LogP contribution in [0, 0.1) is 38.5 Å². The normalized spacial score (nSPS) is 18.2. The van der Waals surface area contributed by atoms with Crippen LogP contribution in [0.4, 0.5) is 0 Å². The van der Waals surface area contributed by atoms with Gasteiger partial charge in [0.05, 0.1) is 0 Å². The number of carbonyl (C=O) groups is 3. The predicted molar refractivity (Wildman–Crippen MR) is 175 cm³/mol. The lowest BCUT2D eigenvalue weighted by molar-refractivity contribution is -0.143. The molecule has 0 fully saturated rings. The maximum atomic E-state index is 12.5. The van der Waals surface area contributed by atoms with Gasteiger partial charge in [-0.2, -0.15) is 0 Å². The van der Waals surface area contributed by atoms with Crippen molar-refractivity contribution in [3.05, 3.63) is 22.3 Å². The van der Waals surface area contributed by atoms with E-state index in [1.54, 1.807) is 0 Å². The van der Waals surface area contributed by atoms with Gasteiger partial charge in [0.1, 0.15) is 23.1 Å². The molecule has 1 heterocycles. The first-order valence-corrected chi connectivity index (χ1v) is 16.8. The molecule has 1 aromatic carbocycles. The van der Waals surface area contributed by atoms with E-state index in [0.29, 0.717) is 5.75 Å². The molecule has 0 unspecified atom stereocenters. The third kappa shape index (κ3) is 12.0. The highest BCUT2D eigenvalue weighted by Gasteiger charge is 2.34. The lowest BCUT2D eigenvalue weighted by Gasteiger charge is -2.38. The van der Waals surface area contributed by atoms with Crippen molar-refractivity contribution in [1.29, 1.82) is 0 Å². The average molecular weight is 618 g/mol. The van der Waals surface area contributed by atoms with Crippen molar-refractivity contribution in [3.8, 4) is 11.5 Å². The molecule has 250 valence electrons. The summed E-state index contributed by atoms with van der Waals surface area (Å²) in [6.45, 7) is 17.2. The van der Waals surface area contributed by atoms with Gasteiger partial charge in [0.2, 0.25) is 0 Å². The summed E-state index contributed by atoms with van der Waals surface area (Å²) in [6.07, 6.45) is 12.6. The van der Waals surface area contributed by atoms with Crippen LogP contribution in [0.2, 0.25) is 0 Å². The van der Waals surface area contributed by atoms with Crippen molar-refractivity contribution in [2.45, 2.75) is 151 Å². The fourth-order valence-electron chi connectivity index (χ4n) is 6.38. The van der Waals surface area contributed by atoms with E-state index in [4.69, 9.17) is 14.6 Å². The largest absolute Gasteiger partial charge is 0.487 e. The Hall–Kier alpha value is -2.77. The van der Waals surface area contributed by atoms with Gasteiger partial charge in [0.25, 0.3) is 5.91 Å². The molecule has 2 rings (SSSR count). The van der Waals surface area contributed by atoms with E-state index in [2.05, 4.69) is 39.9 Å². The lowest BCUT2D eigenvalue weighted by Crippen LogP contribution is -2.43. The maximum Gasteiger partial charge on any atom is 0.326 e. The third-order valence-electron chi connectivity index (χ3n) is 9.47. The molecule has 0 saturated heterocycles. The topological polar surface area (TPSA) is 122 Å². The van der Waals surface area contributed by atoms with E-state index in [1.807, 2.05) is 20.8 Å². The van der Waals surface area contributed by atoms with Crippen LogP contribution < -0.4 is 14.8 Å². The Morgan fingerprint density at radius 2 is 1.45 bits per heavy atom. The standard InChI is InChI=1S/C36H59NO7/c1-23(2)12-9-13-24(3)14-10-15-25(4)16-11-20-36(8)21-19-29-28(7)33(26(5)27(6)34(29)44-36)43-22-31(38)37-30(35(41)42)17-18-32(39)40/h23-25,30H,9-22H2,1-8H3,(H,37,38)(H,39,40)(H,41,42)/t24-,25-,30+,36-/m1/s1. The molecule has 0 radical (unpaired) electrons. The summed E-state index contributed by atoms with van der Waals surface area (Å²) < 4.78 is 12.6. The highest BCUT2D eigenvalue weighted by molar-refractivity contribution is 5.84. The number of carboxylic acids is 2. The number of aliphatic carboxylic acids is 2. The van der Waals surface area contributed by atoms with Crippen LogP contribution in [-0.2, 0) is 20.8 Å². The first-order chi connectivity index (χ1) is 20.6. The second kappa shape index (κ2) is 17.6. The van der Waals surface area contributed by atoms with Crippen LogP contribution in [0.3, 0.4) is 0 Å². The summed E-state index contributed by atoms with van der Waals surface area (Å²) in [6, 6.07) is -1.28. The monoisotopic (exact) mass is 617 g/mol. The Morgan fingerprint density at radius 3 is 2.02 bits per heavy atom. The van der Waals surface area contributed by atoms with E-state index < -0.39 is 23.9 Å². The minimum absolute atomic E-state index is 0.195. The summed E-state index contributed by atoms with van der Waals surface area (Å²) in [4.78, 5) is 34.7. The molecule has 1 aromatic rings. The van der Waals surface area contributed by atoms with Crippen LogP contribution >= 0.6 is 0 Å². The fourth-order valence-corrected chi connectivity index (χ4v) is 6.38. The minimum Gasteiger partial charge on any atom is -0.487 e. The van der Waals surface area contributed by atoms with Crippen molar-refractivity contribution in [2.24, 2.45) is 17.8 Å². The molecule has 0 aliphatic carbocycles. The zero-order chi connectivity index (χ0) is 33.0. The van der Waals surface area contributed by atoms with Gasteiger partial charge in [0, 0.05) is 12.0 Å². The van der Waals surface area contributed by atoms with Crippen LogP contribution in [0.25, 0.3) is 0 Å². The van der Waals surface area contributed by atoms with E-state index >= 15 is 0 Å². The highest BCUT2D eigenvalue weighted by Crippen LogP contribution is 2.45. The number of fused-ring (bicyclic) bond motifs is 1. The maximum absolute atomic E-state index is 12.5. The summed E-state index contributed by atoms with van der Waals surface area (Å²) in [5, 5.41) is 20.5. The molecule has 1 aliphatic heterocycles. The van der Waals surface area contributed by atoms with Crippen LogP contribution in [-0.4, -0.2) is 46.3 Å². The third-order valence-corrected chi connectivity index (χ3v) is 9.47. The number of hydrogen-bond donors (Lipinski definition) is 3. The van der Waals surface area contributed by atoms with Gasteiger partial charge in [0.15, 0.2) is 6.61 Å². The van der Waals surface area contributed by atoms with Gasteiger partial charge in [-0.3, -0.25) is 9.59 Å². The van der Waals surface area contributed by atoms with Gasteiger partial charge in [-0.1, -0.05) is 72.6 Å². The minimum atomic E-state index is -1.28. The molecule has 8 heteroatoms. The van der Waals surface area contributed by atoms with Crippen molar-refractivity contribution < 1.29 is 34.1 Å². The van der Waals surface area contributed by atoms with Crippen LogP contribution in [0.1, 0.15) is 134 Å². The van der Waals surface area contributed by atoms with Crippen molar-refractivity contribution in [1.82, 2.24) is 5.32 Å². The van der Waals surface area contributed by atoms with Crippen molar-refractivity contribution >= 4 is 17.8 Å². The summed E-state index contributed by atoms with van der Waals surface area (Å²) in [7, 11) is 0. The van der Waals surface area contributed by atoms with E-state index in [1.165, 1.54) is 44.9 Å². The Morgan fingerprint density at radius 1 is 0.864 bits per heavy atom. The van der Waals surface area contributed by atoms with Gasteiger partial charge in [-0.25, -0.2) is 4.79 Å². The fraction of sp³-hybridized carbons (Fsp3) is 0.750. The number of rotatable bonds is 20. The zero-order valence-electron chi connectivity index (χ0n) is 28.6. The molecule has 0 aromatic heterocycles. The quantitative estimate of drug-likeness (QED) is 0.136. The second-order valence-corrected chi connectivity index (χ2v) is 14.1. The van der Waals surface area contributed by atoms with Gasteiger partial charge < -0.3 is 25.0 Å². The molecule has 44 heavy (non-hydrogen) atoms. The first-order valence-electron chi connectivity index (χ1n) is 16.8. The SMILES string of the molecule is Cc1c(C)c2c(c(C)c1OCC(=O)N[C@@H](CCC(=O)O)C(=O)O)CC[C@@](C)(CCC[C@H](C)CCC[C@H](C)CCCC(C)C)O2. The Bertz CT molecular complexity index is 1110. The Kier molecular flexibility index (Phi) is 15.0. The number of amides is 1. The highest BCUT2D eigenvalue weighted by atomic mass is 16.5. The molecule has 1 amide bonds. The van der Waals surface area contributed by atoms with Crippen molar-refractivity contribution in [2.75, 3.05) is 6.61 Å². The van der Waals surface area contributed by atoms with E-state index in [0.717, 1.165) is 71.4 Å². The average Bonchev–Trinajstić information content (AvgIpc) is 2.93. The molecule has 4 atom stereocenters. The van der Waals surface area contributed by atoms with Gasteiger partial charge in [-0.05, 0) is 94.2 Å². The Balaban J connectivity index is 1.90. The van der Waals surface area contributed by atoms with E-state index in [-0.39, 0.29) is 25.0 Å². The Labute approximate surface area is 265 Å². The molecule has 1 aliphatic rings. The molecule has 3 N–H and O–H groups in total. The number of carboxylic acid groups (broad SMARTS) is 2. The number of ether oxygens (including phenoxy) is 2. The van der Waals surface area contributed by atoms with Crippen molar-refractivity contribution in [3.63, 3.8) is 0 Å². The first kappa shape index (κ1) is 37.4. The number of benzene rings is 1. The summed E-state index contributed by atoms with van der Waals surface area (Å²) in [5.41, 5.74) is 3.71. The number of hydrogen-bond acceptors (Lipinski definition) is 5.